The fourth-order valence-corrected chi connectivity index (χ4v) is 8.61. The van der Waals surface area contributed by atoms with Gasteiger partial charge in [0.15, 0.2) is 6.10 Å². The minimum absolute atomic E-state index is 0.0648. The first-order valence-electron chi connectivity index (χ1n) is 28.1. The second-order valence-electron chi connectivity index (χ2n) is 20.8. The first-order valence-corrected chi connectivity index (χ1v) is 28.1. The molecule has 0 aliphatic carbocycles. The summed E-state index contributed by atoms with van der Waals surface area (Å²) in [5, 5.41) is 0. The molecule has 374 valence electrons. The summed E-state index contributed by atoms with van der Waals surface area (Å²) in [5.74, 6) is 1.66. The van der Waals surface area contributed by atoms with Gasteiger partial charge < -0.3 is 14.2 Å². The van der Waals surface area contributed by atoms with Gasteiger partial charge >= 0.3 is 17.9 Å². The highest BCUT2D eigenvalue weighted by Crippen LogP contribution is 2.19. The van der Waals surface area contributed by atoms with E-state index in [1.54, 1.807) is 0 Å². The van der Waals surface area contributed by atoms with Crippen molar-refractivity contribution in [3.8, 4) is 0 Å². The van der Waals surface area contributed by atoms with Crippen molar-refractivity contribution < 1.29 is 28.6 Å². The van der Waals surface area contributed by atoms with Crippen LogP contribution in [0.25, 0.3) is 0 Å². The molecule has 0 aliphatic heterocycles. The van der Waals surface area contributed by atoms with Gasteiger partial charge in [0.1, 0.15) is 13.2 Å². The lowest BCUT2D eigenvalue weighted by Crippen LogP contribution is -2.30. The Morgan fingerprint density at radius 1 is 0.317 bits per heavy atom. The van der Waals surface area contributed by atoms with Crippen molar-refractivity contribution in [2.24, 2.45) is 17.8 Å². The Morgan fingerprint density at radius 3 is 0.825 bits per heavy atom. The highest BCUT2D eigenvalue weighted by Gasteiger charge is 2.19. The van der Waals surface area contributed by atoms with Gasteiger partial charge in [0.2, 0.25) is 0 Å². The Hall–Kier alpha value is -1.59. The lowest BCUT2D eigenvalue weighted by Gasteiger charge is -2.18. The van der Waals surface area contributed by atoms with Gasteiger partial charge in [0.05, 0.1) is 0 Å². The fourth-order valence-electron chi connectivity index (χ4n) is 8.61. The molecule has 6 nitrogen and oxygen atoms in total. The van der Waals surface area contributed by atoms with Crippen molar-refractivity contribution >= 4 is 17.9 Å². The molecule has 0 rings (SSSR count). The molecule has 0 aromatic carbocycles. The van der Waals surface area contributed by atoms with E-state index >= 15 is 0 Å². The van der Waals surface area contributed by atoms with Gasteiger partial charge in [-0.2, -0.15) is 0 Å². The van der Waals surface area contributed by atoms with E-state index in [9.17, 15) is 14.4 Å². The second-order valence-corrected chi connectivity index (χ2v) is 20.8. The molecule has 1 unspecified atom stereocenters. The second kappa shape index (κ2) is 48.3. The number of unbranched alkanes of at least 4 members (excludes halogenated alkanes) is 32. The van der Waals surface area contributed by atoms with Crippen LogP contribution in [-0.4, -0.2) is 37.2 Å². The van der Waals surface area contributed by atoms with E-state index in [1.165, 1.54) is 193 Å². The first kappa shape index (κ1) is 61.4. The van der Waals surface area contributed by atoms with E-state index in [0.717, 1.165) is 75.5 Å². The lowest BCUT2D eigenvalue weighted by molar-refractivity contribution is -0.167. The molecule has 0 radical (unpaired) electrons. The quantitative estimate of drug-likeness (QED) is 0.0344. The smallest absolute Gasteiger partial charge is 0.306 e. The monoisotopic (exact) mass is 891 g/mol. The van der Waals surface area contributed by atoms with Crippen molar-refractivity contribution in [2.75, 3.05) is 13.2 Å². The van der Waals surface area contributed by atoms with Crippen molar-refractivity contribution in [3.63, 3.8) is 0 Å². The van der Waals surface area contributed by atoms with Gasteiger partial charge in [-0.3, -0.25) is 14.4 Å². The number of hydrogen-bond acceptors (Lipinski definition) is 6. The summed E-state index contributed by atoms with van der Waals surface area (Å²) in [6.45, 7) is 13.7. The van der Waals surface area contributed by atoms with E-state index < -0.39 is 6.10 Å². The zero-order chi connectivity index (χ0) is 46.3. The minimum atomic E-state index is -0.763. The summed E-state index contributed by atoms with van der Waals surface area (Å²) in [5.41, 5.74) is 0. The zero-order valence-electron chi connectivity index (χ0n) is 43.4. The minimum Gasteiger partial charge on any atom is -0.462 e. The molecular weight excluding hydrogens is 781 g/mol. The maximum Gasteiger partial charge on any atom is 0.306 e. The summed E-state index contributed by atoms with van der Waals surface area (Å²) in [7, 11) is 0. The molecule has 63 heavy (non-hydrogen) atoms. The molecule has 0 saturated carbocycles. The van der Waals surface area contributed by atoms with Gasteiger partial charge in [-0.1, -0.05) is 273 Å². The van der Waals surface area contributed by atoms with Crippen LogP contribution in [0.5, 0.6) is 0 Å². The van der Waals surface area contributed by atoms with Gasteiger partial charge in [-0.15, -0.1) is 0 Å². The Balaban J connectivity index is 4.21. The molecule has 2 atom stereocenters. The average Bonchev–Trinajstić information content (AvgIpc) is 3.25. The molecule has 0 N–H and O–H groups in total. The van der Waals surface area contributed by atoms with E-state index in [1.807, 2.05) is 0 Å². The summed E-state index contributed by atoms with van der Waals surface area (Å²) < 4.78 is 16.8. The standard InChI is InChI=1S/C57H110O6/c1-7-53(6)45-39-33-27-21-16-14-12-10-8-9-11-13-15-17-23-29-36-42-48-57(60)63-54(50-62-56(59)47-41-35-30-24-26-32-38-44-52(4)5)49-61-55(58)46-40-34-28-22-19-18-20-25-31-37-43-51(2)3/h51-54H,7-50H2,1-6H3/t53?,54-/m0/s1. The number of carbonyl (C=O) groups excluding carboxylic acids is 3. The van der Waals surface area contributed by atoms with Crippen LogP contribution < -0.4 is 0 Å². The number of hydrogen-bond donors (Lipinski definition) is 0. The van der Waals surface area contributed by atoms with E-state index in [0.29, 0.717) is 19.3 Å². The molecule has 0 saturated heterocycles. The molecule has 0 aromatic rings. The van der Waals surface area contributed by atoms with Crippen molar-refractivity contribution in [1.82, 2.24) is 0 Å². The molecule has 0 spiro atoms. The summed E-state index contributed by atoms with van der Waals surface area (Å²) in [4.78, 5) is 38.0. The molecular formula is C57H110O6. The highest BCUT2D eigenvalue weighted by atomic mass is 16.6. The number of rotatable bonds is 50. The van der Waals surface area contributed by atoms with Gasteiger partial charge in [0.25, 0.3) is 0 Å². The van der Waals surface area contributed by atoms with Crippen LogP contribution in [0, 0.1) is 17.8 Å². The molecule has 0 aromatic heterocycles. The van der Waals surface area contributed by atoms with E-state index in [-0.39, 0.29) is 31.1 Å². The summed E-state index contributed by atoms with van der Waals surface area (Å²) >= 11 is 0. The summed E-state index contributed by atoms with van der Waals surface area (Å²) in [6.07, 6.45) is 49.6. The molecule has 0 amide bonds. The Labute approximate surface area is 393 Å². The first-order chi connectivity index (χ1) is 30.6. The molecule has 0 fully saturated rings. The fraction of sp³-hybridized carbons (Fsp3) is 0.947. The van der Waals surface area contributed by atoms with Crippen molar-refractivity contribution in [1.29, 1.82) is 0 Å². The van der Waals surface area contributed by atoms with Crippen LogP contribution in [-0.2, 0) is 28.6 Å². The van der Waals surface area contributed by atoms with Crippen LogP contribution >= 0.6 is 0 Å². The highest BCUT2D eigenvalue weighted by molar-refractivity contribution is 5.71. The Kier molecular flexibility index (Phi) is 47.1. The zero-order valence-corrected chi connectivity index (χ0v) is 43.4. The van der Waals surface area contributed by atoms with Crippen molar-refractivity contribution in [2.45, 2.75) is 317 Å². The predicted octanol–water partition coefficient (Wildman–Crippen LogP) is 18.3. The summed E-state index contributed by atoms with van der Waals surface area (Å²) in [6, 6.07) is 0. The lowest BCUT2D eigenvalue weighted by atomic mass is 9.99. The van der Waals surface area contributed by atoms with Crippen LogP contribution in [0.15, 0.2) is 0 Å². The van der Waals surface area contributed by atoms with Crippen LogP contribution in [0.2, 0.25) is 0 Å². The maximum atomic E-state index is 12.8. The average molecular weight is 892 g/mol. The van der Waals surface area contributed by atoms with Gasteiger partial charge in [-0.05, 0) is 37.0 Å². The van der Waals surface area contributed by atoms with Crippen LogP contribution in [0.1, 0.15) is 311 Å². The maximum absolute atomic E-state index is 12.8. The number of carbonyl (C=O) groups is 3. The van der Waals surface area contributed by atoms with Crippen LogP contribution in [0.3, 0.4) is 0 Å². The third kappa shape index (κ3) is 49.7. The third-order valence-electron chi connectivity index (χ3n) is 13.3. The number of ether oxygens (including phenoxy) is 3. The third-order valence-corrected chi connectivity index (χ3v) is 13.3. The topological polar surface area (TPSA) is 78.9 Å². The molecule has 0 heterocycles. The Morgan fingerprint density at radius 2 is 0.556 bits per heavy atom. The molecule has 0 aliphatic rings. The normalized spacial score (nSPS) is 12.6. The van der Waals surface area contributed by atoms with E-state index in [2.05, 4.69) is 41.5 Å². The SMILES string of the molecule is CCC(C)CCCCCCCCCCCCCCCCCCCCC(=O)O[C@@H](COC(=O)CCCCCCCCCCCCC(C)C)COC(=O)CCCCCCCCCC(C)C. The largest absolute Gasteiger partial charge is 0.462 e. The van der Waals surface area contributed by atoms with Gasteiger partial charge in [0, 0.05) is 19.3 Å². The number of esters is 3. The molecule has 0 bridgehead atoms. The Bertz CT molecular complexity index is 978. The van der Waals surface area contributed by atoms with Crippen molar-refractivity contribution in [3.05, 3.63) is 0 Å². The van der Waals surface area contributed by atoms with Gasteiger partial charge in [-0.25, -0.2) is 0 Å². The van der Waals surface area contributed by atoms with Crippen LogP contribution in [0.4, 0.5) is 0 Å². The molecule has 6 heteroatoms. The predicted molar refractivity (Wildman–Crippen MR) is 270 cm³/mol. The van der Waals surface area contributed by atoms with E-state index in [4.69, 9.17) is 14.2 Å².